The Labute approximate surface area is 270 Å². The van der Waals surface area contributed by atoms with E-state index in [4.69, 9.17) is 4.74 Å². The van der Waals surface area contributed by atoms with Crippen molar-refractivity contribution in [3.63, 3.8) is 0 Å². The van der Waals surface area contributed by atoms with Gasteiger partial charge in [-0.05, 0) is 64.6 Å². The topological polar surface area (TPSA) is 62.7 Å². The minimum Gasteiger partial charge on any atom is -0.497 e. The number of fused-ring (bicyclic) bond motifs is 1. The fourth-order valence-electron chi connectivity index (χ4n) is 5.89. The molecule has 0 saturated carbocycles. The third-order valence-electron chi connectivity index (χ3n) is 8.46. The minimum atomic E-state index is -0.698. The van der Waals surface area contributed by atoms with Crippen LogP contribution >= 0.6 is 0 Å². The summed E-state index contributed by atoms with van der Waals surface area (Å²) in [6.45, 7) is 1.42. The maximum atomic E-state index is 14.5. The Morgan fingerprint density at radius 2 is 1.54 bits per heavy atom. The first-order valence-corrected chi connectivity index (χ1v) is 15.6. The van der Waals surface area contributed by atoms with Crippen LogP contribution in [-0.2, 0) is 35.5 Å². The van der Waals surface area contributed by atoms with Crippen molar-refractivity contribution in [2.75, 3.05) is 13.7 Å². The predicted octanol–water partition coefficient (Wildman–Crippen LogP) is 7.00. The molecule has 46 heavy (non-hydrogen) atoms. The number of rotatable bonds is 10. The highest BCUT2D eigenvalue weighted by Gasteiger charge is 2.34. The second kappa shape index (κ2) is 14.5. The van der Waals surface area contributed by atoms with Crippen molar-refractivity contribution < 1.29 is 14.3 Å². The Morgan fingerprint density at radius 1 is 0.826 bits per heavy atom. The van der Waals surface area contributed by atoms with Gasteiger partial charge < -0.3 is 14.5 Å². The number of hydrogen-bond donors (Lipinski definition) is 0. The lowest BCUT2D eigenvalue weighted by molar-refractivity contribution is -0.144. The number of methoxy groups -OCH3 is 1. The summed E-state index contributed by atoms with van der Waals surface area (Å²) in [5.41, 5.74) is 7.10. The van der Waals surface area contributed by atoms with E-state index in [0.29, 0.717) is 19.5 Å². The first-order valence-electron chi connectivity index (χ1n) is 15.6. The van der Waals surface area contributed by atoms with E-state index in [1.54, 1.807) is 30.4 Å². The van der Waals surface area contributed by atoms with Gasteiger partial charge in [-0.15, -0.1) is 0 Å². The summed E-state index contributed by atoms with van der Waals surface area (Å²) in [5.74, 6) is 0.474. The quantitative estimate of drug-likeness (QED) is 0.161. The molecule has 6 nitrogen and oxygen atoms in total. The smallest absolute Gasteiger partial charge is 0.247 e. The van der Waals surface area contributed by atoms with E-state index in [1.165, 1.54) is 5.56 Å². The standard InChI is InChI=1S/C40H37N3O3/c1-46-36-21-16-30(17-22-36)18-23-39(44)43(28-32-14-19-34(20-15-32)37-13-7-8-25-41-37)38(27-31-9-3-2-4-10-31)40(45)42-26-24-33-11-5-6-12-35(33)29-42/h2-23,25,38H,24,26-29H2,1H3/b23-18+/t38-/m0/s1. The highest BCUT2D eigenvalue weighted by atomic mass is 16.5. The Balaban J connectivity index is 1.34. The lowest BCUT2D eigenvalue weighted by Gasteiger charge is -2.37. The van der Waals surface area contributed by atoms with Gasteiger partial charge in [-0.2, -0.15) is 0 Å². The van der Waals surface area contributed by atoms with E-state index in [2.05, 4.69) is 17.1 Å². The Hall–Kier alpha value is -5.49. The molecule has 6 heteroatoms. The maximum absolute atomic E-state index is 14.5. The maximum Gasteiger partial charge on any atom is 0.247 e. The molecule has 5 aromatic rings. The van der Waals surface area contributed by atoms with Gasteiger partial charge in [0.25, 0.3) is 0 Å². The number of amides is 2. The van der Waals surface area contributed by atoms with Gasteiger partial charge in [-0.3, -0.25) is 14.6 Å². The van der Waals surface area contributed by atoms with E-state index in [0.717, 1.165) is 45.7 Å². The highest BCUT2D eigenvalue weighted by Crippen LogP contribution is 2.24. The predicted molar refractivity (Wildman–Crippen MR) is 182 cm³/mol. The zero-order valence-corrected chi connectivity index (χ0v) is 26.0. The summed E-state index contributed by atoms with van der Waals surface area (Å²) in [7, 11) is 1.62. The summed E-state index contributed by atoms with van der Waals surface area (Å²) in [5, 5.41) is 0. The van der Waals surface area contributed by atoms with Crippen LogP contribution in [-0.4, -0.2) is 46.3 Å². The third-order valence-corrected chi connectivity index (χ3v) is 8.46. The van der Waals surface area contributed by atoms with Crippen molar-refractivity contribution in [2.45, 2.75) is 32.0 Å². The molecule has 4 aromatic carbocycles. The van der Waals surface area contributed by atoms with Crippen LogP contribution in [0.1, 0.15) is 27.8 Å². The van der Waals surface area contributed by atoms with Crippen LogP contribution < -0.4 is 4.74 Å². The number of ether oxygens (including phenoxy) is 1. The molecular weight excluding hydrogens is 570 g/mol. The van der Waals surface area contributed by atoms with Crippen LogP contribution in [0.25, 0.3) is 17.3 Å². The minimum absolute atomic E-state index is 0.0466. The Morgan fingerprint density at radius 3 is 2.26 bits per heavy atom. The Bertz CT molecular complexity index is 1790. The lowest BCUT2D eigenvalue weighted by Crippen LogP contribution is -2.52. The second-order valence-electron chi connectivity index (χ2n) is 11.5. The van der Waals surface area contributed by atoms with Crippen molar-refractivity contribution in [3.05, 3.63) is 161 Å². The molecule has 0 bridgehead atoms. The molecule has 1 atom stereocenters. The number of aromatic nitrogens is 1. The number of nitrogens with zero attached hydrogens (tertiary/aromatic N) is 3. The van der Waals surface area contributed by atoms with Gasteiger partial charge in [-0.1, -0.05) is 97.1 Å². The monoisotopic (exact) mass is 607 g/mol. The van der Waals surface area contributed by atoms with Gasteiger partial charge in [0.15, 0.2) is 0 Å². The van der Waals surface area contributed by atoms with Gasteiger partial charge in [-0.25, -0.2) is 0 Å². The van der Waals surface area contributed by atoms with E-state index in [-0.39, 0.29) is 18.4 Å². The molecule has 0 N–H and O–H groups in total. The van der Waals surface area contributed by atoms with Gasteiger partial charge in [0.1, 0.15) is 11.8 Å². The summed E-state index contributed by atoms with van der Waals surface area (Å²) < 4.78 is 5.28. The van der Waals surface area contributed by atoms with Crippen LogP contribution in [0.2, 0.25) is 0 Å². The molecule has 0 unspecified atom stereocenters. The van der Waals surface area contributed by atoms with E-state index < -0.39 is 6.04 Å². The van der Waals surface area contributed by atoms with Crippen LogP contribution in [0.15, 0.2) is 134 Å². The van der Waals surface area contributed by atoms with Crippen LogP contribution in [0.5, 0.6) is 5.75 Å². The molecule has 1 aliphatic heterocycles. The number of hydrogen-bond acceptors (Lipinski definition) is 4. The molecule has 0 saturated heterocycles. The average Bonchev–Trinajstić information content (AvgIpc) is 3.13. The number of benzene rings is 4. The number of carbonyl (C=O) groups excluding carboxylic acids is 2. The van der Waals surface area contributed by atoms with Crippen molar-refractivity contribution in [3.8, 4) is 17.0 Å². The molecule has 230 valence electrons. The fourth-order valence-corrected chi connectivity index (χ4v) is 5.89. The zero-order valence-electron chi connectivity index (χ0n) is 26.0. The average molecular weight is 608 g/mol. The second-order valence-corrected chi connectivity index (χ2v) is 11.5. The van der Waals surface area contributed by atoms with Crippen LogP contribution in [0.4, 0.5) is 0 Å². The molecule has 0 aliphatic carbocycles. The van der Waals surface area contributed by atoms with Crippen LogP contribution in [0.3, 0.4) is 0 Å². The molecule has 0 spiro atoms. The van der Waals surface area contributed by atoms with E-state index in [9.17, 15) is 9.59 Å². The first kappa shape index (κ1) is 30.5. The Kier molecular flexibility index (Phi) is 9.64. The number of pyridine rings is 1. The first-order chi connectivity index (χ1) is 22.6. The lowest BCUT2D eigenvalue weighted by atomic mass is 9.97. The largest absolute Gasteiger partial charge is 0.497 e. The number of carbonyl (C=O) groups is 2. The summed E-state index contributed by atoms with van der Waals surface area (Å²) >= 11 is 0. The van der Waals surface area contributed by atoms with Gasteiger partial charge >= 0.3 is 0 Å². The van der Waals surface area contributed by atoms with Gasteiger partial charge in [0.05, 0.1) is 12.8 Å². The van der Waals surface area contributed by atoms with Crippen LogP contribution in [0, 0.1) is 0 Å². The summed E-state index contributed by atoms with van der Waals surface area (Å²) in [4.78, 5) is 36.8. The van der Waals surface area contributed by atoms with Crippen molar-refractivity contribution in [1.82, 2.24) is 14.8 Å². The summed E-state index contributed by atoms with van der Waals surface area (Å²) in [6, 6.07) is 38.9. The van der Waals surface area contributed by atoms with Crippen molar-refractivity contribution >= 4 is 17.9 Å². The fraction of sp³-hybridized carbons (Fsp3) is 0.175. The molecule has 0 radical (unpaired) electrons. The molecule has 1 aromatic heterocycles. The normalized spacial score (nSPS) is 13.2. The third kappa shape index (κ3) is 7.41. The molecule has 2 amide bonds. The van der Waals surface area contributed by atoms with E-state index >= 15 is 0 Å². The molecule has 1 aliphatic rings. The zero-order chi connectivity index (χ0) is 31.7. The molecule has 2 heterocycles. The highest BCUT2D eigenvalue weighted by molar-refractivity contribution is 5.96. The molecule has 6 rings (SSSR count). The molecular formula is C40H37N3O3. The van der Waals surface area contributed by atoms with E-state index in [1.807, 2.05) is 114 Å². The summed E-state index contributed by atoms with van der Waals surface area (Å²) in [6.07, 6.45) is 6.34. The SMILES string of the molecule is COc1ccc(/C=C/C(=O)N(Cc2ccc(-c3ccccn3)cc2)[C@@H](Cc2ccccc2)C(=O)N2CCc3ccccc3C2)cc1. The molecule has 0 fully saturated rings. The van der Waals surface area contributed by atoms with Gasteiger partial charge in [0.2, 0.25) is 11.8 Å². The van der Waals surface area contributed by atoms with Gasteiger partial charge in [0, 0.05) is 43.9 Å². The van der Waals surface area contributed by atoms with Crippen molar-refractivity contribution in [1.29, 1.82) is 0 Å². The van der Waals surface area contributed by atoms with Crippen molar-refractivity contribution in [2.24, 2.45) is 0 Å².